The third-order valence-electron chi connectivity index (χ3n) is 2.53. The van der Waals surface area contributed by atoms with E-state index in [1.165, 1.54) is 13.2 Å². The third kappa shape index (κ3) is 2.64. The number of carbonyl (C=O) groups excluding carboxylic acids is 1. The van der Waals surface area contributed by atoms with Crippen LogP contribution < -0.4 is 5.73 Å². The average molecular weight is 297 g/mol. The molecule has 0 unspecified atom stereocenters. The zero-order valence-electron chi connectivity index (χ0n) is 9.98. The van der Waals surface area contributed by atoms with Crippen molar-refractivity contribution in [2.75, 3.05) is 12.8 Å². The van der Waals surface area contributed by atoms with Gasteiger partial charge in [0.1, 0.15) is 5.69 Å². The van der Waals surface area contributed by atoms with Crippen LogP contribution in [0.25, 0.3) is 11.3 Å². The predicted octanol–water partition coefficient (Wildman–Crippen LogP) is 3.42. The lowest BCUT2D eigenvalue weighted by molar-refractivity contribution is 0.0594. The summed E-state index contributed by atoms with van der Waals surface area (Å²) in [5, 5.41) is 0.731. The smallest absolute Gasteiger partial charge is 0.356 e. The first kappa shape index (κ1) is 13.6. The summed E-state index contributed by atoms with van der Waals surface area (Å²) in [4.78, 5) is 15.6. The molecule has 98 valence electrons. The van der Waals surface area contributed by atoms with Crippen LogP contribution in [-0.4, -0.2) is 18.1 Å². The fourth-order valence-corrected chi connectivity index (χ4v) is 1.98. The molecule has 0 aliphatic rings. The molecule has 1 aromatic heterocycles. The second-order valence-electron chi connectivity index (χ2n) is 3.73. The summed E-state index contributed by atoms with van der Waals surface area (Å²) in [5.74, 6) is -0.542. The highest BCUT2D eigenvalue weighted by molar-refractivity contribution is 6.43. The number of nitrogens with zero attached hydrogens (tertiary/aromatic N) is 1. The minimum absolute atomic E-state index is 0.155. The van der Waals surface area contributed by atoms with Crippen molar-refractivity contribution in [1.29, 1.82) is 0 Å². The Kier molecular flexibility index (Phi) is 3.93. The monoisotopic (exact) mass is 296 g/mol. The van der Waals surface area contributed by atoms with Gasteiger partial charge in [0.05, 0.1) is 28.5 Å². The first-order chi connectivity index (χ1) is 9.04. The highest BCUT2D eigenvalue weighted by atomic mass is 35.5. The Morgan fingerprint density at radius 3 is 2.68 bits per heavy atom. The number of nitrogen functional groups attached to an aromatic ring is 1. The molecule has 4 nitrogen and oxygen atoms in total. The normalized spacial score (nSPS) is 10.3. The van der Waals surface area contributed by atoms with Crippen LogP contribution in [0.2, 0.25) is 10.0 Å². The van der Waals surface area contributed by atoms with Crippen LogP contribution in [0.15, 0.2) is 30.3 Å². The Morgan fingerprint density at radius 2 is 2.00 bits per heavy atom. The van der Waals surface area contributed by atoms with Gasteiger partial charge in [0.25, 0.3) is 0 Å². The number of nitrogens with two attached hydrogens (primary N) is 1. The second kappa shape index (κ2) is 5.47. The number of aromatic nitrogens is 1. The summed E-state index contributed by atoms with van der Waals surface area (Å²) in [6.07, 6.45) is 0. The zero-order chi connectivity index (χ0) is 14.0. The van der Waals surface area contributed by atoms with E-state index in [-0.39, 0.29) is 5.69 Å². The van der Waals surface area contributed by atoms with Crippen molar-refractivity contribution >= 4 is 34.9 Å². The number of carbonyl (C=O) groups is 1. The number of rotatable bonds is 2. The van der Waals surface area contributed by atoms with E-state index in [1.807, 2.05) is 0 Å². The molecule has 0 bridgehead atoms. The van der Waals surface area contributed by atoms with Crippen molar-refractivity contribution in [2.45, 2.75) is 0 Å². The van der Waals surface area contributed by atoms with E-state index < -0.39 is 5.97 Å². The molecule has 1 heterocycles. The molecule has 0 saturated heterocycles. The summed E-state index contributed by atoms with van der Waals surface area (Å²) in [6, 6.07) is 8.19. The van der Waals surface area contributed by atoms with Gasteiger partial charge < -0.3 is 10.5 Å². The Morgan fingerprint density at radius 1 is 1.26 bits per heavy atom. The molecule has 2 rings (SSSR count). The number of esters is 1. The lowest BCUT2D eigenvalue weighted by Gasteiger charge is -2.09. The molecule has 2 N–H and O–H groups in total. The van der Waals surface area contributed by atoms with E-state index in [1.54, 1.807) is 24.3 Å². The van der Waals surface area contributed by atoms with Gasteiger partial charge in [-0.1, -0.05) is 35.3 Å². The highest BCUT2D eigenvalue weighted by Gasteiger charge is 2.15. The van der Waals surface area contributed by atoms with Gasteiger partial charge in [-0.3, -0.25) is 0 Å². The zero-order valence-corrected chi connectivity index (χ0v) is 11.5. The quantitative estimate of drug-likeness (QED) is 0.862. The Labute approximate surface area is 120 Å². The third-order valence-corrected chi connectivity index (χ3v) is 3.35. The van der Waals surface area contributed by atoms with Gasteiger partial charge in [-0.2, -0.15) is 0 Å². The highest BCUT2D eigenvalue weighted by Crippen LogP contribution is 2.35. The molecular formula is C13H10Cl2N2O2. The van der Waals surface area contributed by atoms with Crippen molar-refractivity contribution < 1.29 is 9.53 Å². The summed E-state index contributed by atoms with van der Waals surface area (Å²) >= 11 is 12.1. The summed E-state index contributed by atoms with van der Waals surface area (Å²) in [6.45, 7) is 0. The van der Waals surface area contributed by atoms with Gasteiger partial charge in [0.2, 0.25) is 0 Å². The van der Waals surface area contributed by atoms with E-state index in [4.69, 9.17) is 28.9 Å². The van der Waals surface area contributed by atoms with Crippen molar-refractivity contribution in [3.05, 3.63) is 46.1 Å². The fourth-order valence-electron chi connectivity index (χ4n) is 1.59. The lowest BCUT2D eigenvalue weighted by atomic mass is 10.1. The Balaban J connectivity index is 2.61. The molecule has 0 aliphatic heterocycles. The lowest BCUT2D eigenvalue weighted by Crippen LogP contribution is -2.06. The van der Waals surface area contributed by atoms with E-state index in [2.05, 4.69) is 9.72 Å². The van der Waals surface area contributed by atoms with E-state index in [0.29, 0.717) is 27.0 Å². The molecule has 2 aromatic rings. The van der Waals surface area contributed by atoms with Crippen LogP contribution in [0.1, 0.15) is 10.5 Å². The van der Waals surface area contributed by atoms with Crippen molar-refractivity contribution in [3.63, 3.8) is 0 Å². The number of anilines is 1. The minimum Gasteiger partial charge on any atom is -0.464 e. The number of hydrogen-bond acceptors (Lipinski definition) is 4. The molecule has 0 aliphatic carbocycles. The van der Waals surface area contributed by atoms with Crippen molar-refractivity contribution in [1.82, 2.24) is 4.98 Å². The molecule has 0 fully saturated rings. The molecule has 6 heteroatoms. The maximum Gasteiger partial charge on any atom is 0.356 e. The standard InChI is InChI=1S/C13H10Cl2N2O2/c1-19-13(18)10-6-5-9(16)12(17-10)7-3-2-4-8(14)11(7)15/h2-6H,16H2,1H3. The first-order valence-corrected chi connectivity index (χ1v) is 6.09. The fraction of sp³-hybridized carbons (Fsp3) is 0.0769. The van der Waals surface area contributed by atoms with Gasteiger partial charge in [-0.15, -0.1) is 0 Å². The number of methoxy groups -OCH3 is 1. The van der Waals surface area contributed by atoms with Gasteiger partial charge in [0.15, 0.2) is 0 Å². The number of ether oxygens (including phenoxy) is 1. The summed E-state index contributed by atoms with van der Waals surface area (Å²) in [5.41, 5.74) is 7.39. The topological polar surface area (TPSA) is 65.2 Å². The number of pyridine rings is 1. The Bertz CT molecular complexity index is 645. The SMILES string of the molecule is COC(=O)c1ccc(N)c(-c2cccc(Cl)c2Cl)n1. The van der Waals surface area contributed by atoms with E-state index in [9.17, 15) is 4.79 Å². The van der Waals surface area contributed by atoms with Crippen molar-refractivity contribution in [3.8, 4) is 11.3 Å². The van der Waals surface area contributed by atoms with Gasteiger partial charge in [-0.25, -0.2) is 9.78 Å². The van der Waals surface area contributed by atoms with Crippen LogP contribution in [-0.2, 0) is 4.74 Å². The second-order valence-corrected chi connectivity index (χ2v) is 4.51. The van der Waals surface area contributed by atoms with Crippen LogP contribution in [0.5, 0.6) is 0 Å². The minimum atomic E-state index is -0.542. The number of halogens is 2. The van der Waals surface area contributed by atoms with E-state index in [0.717, 1.165) is 0 Å². The van der Waals surface area contributed by atoms with Gasteiger partial charge >= 0.3 is 5.97 Å². The number of benzene rings is 1. The molecule has 0 amide bonds. The van der Waals surface area contributed by atoms with Crippen LogP contribution in [0.3, 0.4) is 0 Å². The van der Waals surface area contributed by atoms with Crippen LogP contribution in [0.4, 0.5) is 5.69 Å². The summed E-state index contributed by atoms with van der Waals surface area (Å²) < 4.78 is 4.62. The average Bonchev–Trinajstić information content (AvgIpc) is 2.42. The molecule has 0 atom stereocenters. The van der Waals surface area contributed by atoms with Crippen LogP contribution >= 0.6 is 23.2 Å². The largest absolute Gasteiger partial charge is 0.464 e. The van der Waals surface area contributed by atoms with Gasteiger partial charge in [-0.05, 0) is 18.2 Å². The summed E-state index contributed by atoms with van der Waals surface area (Å²) in [7, 11) is 1.28. The van der Waals surface area contributed by atoms with Crippen LogP contribution in [0, 0.1) is 0 Å². The van der Waals surface area contributed by atoms with Crippen molar-refractivity contribution in [2.24, 2.45) is 0 Å². The maximum atomic E-state index is 11.5. The molecule has 19 heavy (non-hydrogen) atoms. The first-order valence-electron chi connectivity index (χ1n) is 5.34. The number of hydrogen-bond donors (Lipinski definition) is 1. The molecule has 1 aromatic carbocycles. The molecule has 0 radical (unpaired) electrons. The molecule has 0 saturated carbocycles. The maximum absolute atomic E-state index is 11.5. The Hall–Kier alpha value is -1.78. The molecule has 0 spiro atoms. The predicted molar refractivity (Wildman–Crippen MR) is 75.4 cm³/mol. The van der Waals surface area contributed by atoms with Gasteiger partial charge in [0, 0.05) is 5.56 Å². The molecular weight excluding hydrogens is 287 g/mol. The van der Waals surface area contributed by atoms with E-state index >= 15 is 0 Å².